The second kappa shape index (κ2) is 10.1. The predicted molar refractivity (Wildman–Crippen MR) is 127 cm³/mol. The number of benzene rings is 2. The maximum atomic E-state index is 13.6. The molecule has 2 atom stereocenters. The van der Waals surface area contributed by atoms with Crippen LogP contribution in [-0.4, -0.2) is 44.3 Å². The minimum atomic E-state index is -0.634. The van der Waals surface area contributed by atoms with Gasteiger partial charge in [0.1, 0.15) is 6.61 Å². The fourth-order valence-electron chi connectivity index (χ4n) is 4.77. The molecule has 0 saturated carbocycles. The summed E-state index contributed by atoms with van der Waals surface area (Å²) in [6, 6.07) is 14.9. The average molecular weight is 464 g/mol. The smallest absolute Gasteiger partial charge is 0.336 e. The van der Waals surface area contributed by atoms with Gasteiger partial charge in [0.05, 0.1) is 19.3 Å². The Morgan fingerprint density at radius 2 is 1.82 bits per heavy atom. The molecule has 7 nitrogen and oxygen atoms in total. The number of phenolic OH excluding ortho intramolecular Hbond substituents is 1. The van der Waals surface area contributed by atoms with Crippen LogP contribution in [0.5, 0.6) is 11.5 Å². The Labute approximate surface area is 199 Å². The maximum absolute atomic E-state index is 13.6. The monoisotopic (exact) mass is 463 g/mol. The molecule has 0 fully saturated rings. The van der Waals surface area contributed by atoms with Gasteiger partial charge in [-0.15, -0.1) is 0 Å². The summed E-state index contributed by atoms with van der Waals surface area (Å²) >= 11 is 0. The van der Waals surface area contributed by atoms with Gasteiger partial charge in [0, 0.05) is 36.4 Å². The molecule has 0 spiro atoms. The maximum Gasteiger partial charge on any atom is 0.336 e. The summed E-state index contributed by atoms with van der Waals surface area (Å²) in [7, 11) is 3.00. The van der Waals surface area contributed by atoms with Crippen molar-refractivity contribution in [1.29, 1.82) is 0 Å². The Balaban J connectivity index is 1.78. The molecule has 1 aliphatic heterocycles. The van der Waals surface area contributed by atoms with E-state index in [1.54, 1.807) is 12.1 Å². The molecule has 178 valence electrons. The number of dihydropyridines is 1. The van der Waals surface area contributed by atoms with E-state index >= 15 is 0 Å². The molecule has 0 aromatic heterocycles. The third-order valence-corrected chi connectivity index (χ3v) is 6.38. The van der Waals surface area contributed by atoms with E-state index in [0.29, 0.717) is 35.2 Å². The Morgan fingerprint density at radius 3 is 2.53 bits per heavy atom. The van der Waals surface area contributed by atoms with E-state index in [1.807, 2.05) is 37.3 Å². The fourth-order valence-corrected chi connectivity index (χ4v) is 4.77. The summed E-state index contributed by atoms with van der Waals surface area (Å²) in [6.07, 6.45) is 1.00. The van der Waals surface area contributed by atoms with E-state index in [0.717, 1.165) is 11.3 Å². The zero-order valence-electron chi connectivity index (χ0n) is 19.6. The first-order chi connectivity index (χ1) is 16.4. The number of hydrogen-bond acceptors (Lipinski definition) is 7. The molecule has 2 aromatic rings. The van der Waals surface area contributed by atoms with Crippen molar-refractivity contribution in [3.05, 3.63) is 82.2 Å². The number of esters is 1. The minimum absolute atomic E-state index is 0.0153. The highest BCUT2D eigenvalue weighted by Crippen LogP contribution is 2.46. The number of aromatic hydroxyl groups is 1. The zero-order valence-corrected chi connectivity index (χ0v) is 19.6. The number of nitrogens with one attached hydrogen (secondary N) is 1. The van der Waals surface area contributed by atoms with Gasteiger partial charge in [-0.1, -0.05) is 36.4 Å². The summed E-state index contributed by atoms with van der Waals surface area (Å²) in [5, 5.41) is 13.5. The molecular formula is C27H29NO6. The number of phenols is 1. The van der Waals surface area contributed by atoms with Crippen LogP contribution in [0.4, 0.5) is 0 Å². The van der Waals surface area contributed by atoms with E-state index in [-0.39, 0.29) is 36.4 Å². The molecular weight excluding hydrogens is 434 g/mol. The molecule has 0 radical (unpaired) electrons. The van der Waals surface area contributed by atoms with Crippen LogP contribution in [0.2, 0.25) is 0 Å². The lowest BCUT2D eigenvalue weighted by molar-refractivity contribution is -0.140. The highest BCUT2D eigenvalue weighted by atomic mass is 16.6. The number of hydrogen-bond donors (Lipinski definition) is 2. The number of ketones is 1. The molecule has 2 aliphatic rings. The van der Waals surface area contributed by atoms with Gasteiger partial charge in [0.25, 0.3) is 0 Å². The minimum Gasteiger partial charge on any atom is -0.504 e. The van der Waals surface area contributed by atoms with E-state index < -0.39 is 11.9 Å². The molecule has 1 aliphatic carbocycles. The first-order valence-electron chi connectivity index (χ1n) is 11.3. The summed E-state index contributed by atoms with van der Waals surface area (Å²) in [6.45, 7) is 2.19. The molecule has 0 unspecified atom stereocenters. The number of allylic oxidation sites excluding steroid dienone is 3. The van der Waals surface area contributed by atoms with Crippen LogP contribution >= 0.6 is 0 Å². The number of carbonyl (C=O) groups excluding carboxylic acids is 2. The van der Waals surface area contributed by atoms with Gasteiger partial charge in [-0.25, -0.2) is 4.79 Å². The van der Waals surface area contributed by atoms with Crippen LogP contribution in [-0.2, 0) is 19.1 Å². The quantitative estimate of drug-likeness (QED) is 0.474. The molecule has 7 heteroatoms. The lowest BCUT2D eigenvalue weighted by Gasteiger charge is -2.36. The SMILES string of the molecule is COCCOC(=O)C1=C(C)NC2=C(C(=O)C[C@@H](c3ccccc3)C2)[C@@H]1c1ccc(O)c(OC)c1. The largest absolute Gasteiger partial charge is 0.504 e. The standard InChI is InChI=1S/C27H29NO6/c1-16-24(27(31)34-12-11-32-2)25(18-9-10-21(29)23(15-18)33-3)26-20(28-16)13-19(14-22(26)30)17-7-5-4-6-8-17/h4-10,15,19,25,28-29H,11-14H2,1-3H3/t19-,25+/m0/s1. The average Bonchev–Trinajstić information content (AvgIpc) is 2.84. The van der Waals surface area contributed by atoms with Crippen LogP contribution in [0.3, 0.4) is 0 Å². The van der Waals surface area contributed by atoms with Gasteiger partial charge in [0.15, 0.2) is 17.3 Å². The molecule has 1 heterocycles. The molecule has 34 heavy (non-hydrogen) atoms. The van der Waals surface area contributed by atoms with Crippen molar-refractivity contribution in [2.24, 2.45) is 0 Å². The van der Waals surface area contributed by atoms with E-state index in [9.17, 15) is 14.7 Å². The van der Waals surface area contributed by atoms with Gasteiger partial charge < -0.3 is 24.6 Å². The number of carbonyl (C=O) groups is 2. The molecule has 0 saturated heterocycles. The number of rotatable bonds is 7. The second-order valence-corrected chi connectivity index (χ2v) is 8.49. The van der Waals surface area contributed by atoms with Gasteiger partial charge in [-0.05, 0) is 42.5 Å². The first-order valence-corrected chi connectivity index (χ1v) is 11.3. The van der Waals surface area contributed by atoms with Crippen molar-refractivity contribution < 1.29 is 28.9 Å². The lowest BCUT2D eigenvalue weighted by atomic mass is 9.71. The fraction of sp³-hybridized carbons (Fsp3) is 0.333. The van der Waals surface area contributed by atoms with Crippen molar-refractivity contribution in [3.63, 3.8) is 0 Å². The van der Waals surface area contributed by atoms with Crippen molar-refractivity contribution >= 4 is 11.8 Å². The first kappa shape index (κ1) is 23.6. The molecule has 2 N–H and O–H groups in total. The highest BCUT2D eigenvalue weighted by molar-refractivity contribution is 6.04. The number of ether oxygens (including phenoxy) is 3. The van der Waals surface area contributed by atoms with Crippen LogP contribution < -0.4 is 10.1 Å². The van der Waals surface area contributed by atoms with Crippen LogP contribution in [0, 0.1) is 0 Å². The van der Waals surface area contributed by atoms with Crippen molar-refractivity contribution in [2.45, 2.75) is 31.6 Å². The van der Waals surface area contributed by atoms with Gasteiger partial charge >= 0.3 is 5.97 Å². The van der Waals surface area contributed by atoms with Crippen molar-refractivity contribution in [2.75, 3.05) is 27.4 Å². The van der Waals surface area contributed by atoms with Gasteiger partial charge in [-0.2, -0.15) is 0 Å². The van der Waals surface area contributed by atoms with E-state index in [4.69, 9.17) is 14.2 Å². The van der Waals surface area contributed by atoms with Gasteiger partial charge in [-0.3, -0.25) is 4.79 Å². The molecule has 0 bridgehead atoms. The van der Waals surface area contributed by atoms with Crippen LogP contribution in [0.1, 0.15) is 42.7 Å². The summed E-state index contributed by atoms with van der Waals surface area (Å²) in [5.74, 6) is -0.854. The second-order valence-electron chi connectivity index (χ2n) is 8.49. The van der Waals surface area contributed by atoms with Crippen LogP contribution in [0.25, 0.3) is 0 Å². The summed E-state index contributed by atoms with van der Waals surface area (Å²) < 4.78 is 15.8. The molecule has 2 aromatic carbocycles. The summed E-state index contributed by atoms with van der Waals surface area (Å²) in [4.78, 5) is 26.7. The highest BCUT2D eigenvalue weighted by Gasteiger charge is 2.41. The Bertz CT molecular complexity index is 1150. The van der Waals surface area contributed by atoms with Gasteiger partial charge in [0.2, 0.25) is 0 Å². The third kappa shape index (κ3) is 4.56. The van der Waals surface area contributed by atoms with Crippen molar-refractivity contribution in [3.8, 4) is 11.5 Å². The zero-order chi connectivity index (χ0) is 24.2. The third-order valence-electron chi connectivity index (χ3n) is 6.38. The van der Waals surface area contributed by atoms with E-state index in [1.165, 1.54) is 20.3 Å². The van der Waals surface area contributed by atoms with Crippen molar-refractivity contribution in [1.82, 2.24) is 5.32 Å². The Morgan fingerprint density at radius 1 is 1.06 bits per heavy atom. The number of methoxy groups -OCH3 is 2. The number of Topliss-reactive ketones (excluding diaryl/α,β-unsaturated/α-hetero) is 1. The summed E-state index contributed by atoms with van der Waals surface area (Å²) in [5.41, 5.74) is 4.16. The lowest BCUT2D eigenvalue weighted by Crippen LogP contribution is -2.36. The topological polar surface area (TPSA) is 94.1 Å². The van der Waals surface area contributed by atoms with Crippen LogP contribution in [0.15, 0.2) is 71.1 Å². The Kier molecular flexibility index (Phi) is 7.03. The normalized spacial score (nSPS) is 20.0. The molecule has 4 rings (SSSR count). The Hall–Kier alpha value is -3.58. The van der Waals surface area contributed by atoms with E-state index in [2.05, 4.69) is 5.32 Å². The molecule has 0 amide bonds. The predicted octanol–water partition coefficient (Wildman–Crippen LogP) is 3.95.